The predicted molar refractivity (Wildman–Crippen MR) is 122 cm³/mol. The van der Waals surface area contributed by atoms with Gasteiger partial charge in [-0.2, -0.15) is 10.2 Å². The maximum absolute atomic E-state index is 13.2. The van der Waals surface area contributed by atoms with Crippen molar-refractivity contribution in [1.29, 1.82) is 5.26 Å². The van der Waals surface area contributed by atoms with Crippen molar-refractivity contribution in [3.63, 3.8) is 0 Å². The number of fused-ring (bicyclic) bond motifs is 1. The van der Waals surface area contributed by atoms with Crippen molar-refractivity contribution in [1.82, 2.24) is 25.0 Å². The van der Waals surface area contributed by atoms with Gasteiger partial charge in [-0.15, -0.1) is 18.3 Å². The van der Waals surface area contributed by atoms with E-state index in [9.17, 15) is 18.0 Å². The minimum atomic E-state index is -4.78. The van der Waals surface area contributed by atoms with Crippen molar-refractivity contribution in [3.05, 3.63) is 70.8 Å². The fourth-order valence-corrected chi connectivity index (χ4v) is 3.39. The third-order valence-corrected chi connectivity index (χ3v) is 5.06. The predicted octanol–water partition coefficient (Wildman–Crippen LogP) is 4.12. The number of halogens is 3. The smallest absolute Gasteiger partial charge is 0.463 e. The van der Waals surface area contributed by atoms with Crippen molar-refractivity contribution >= 4 is 10.9 Å². The number of hydrogen-bond donors (Lipinski definition) is 0. The lowest BCUT2D eigenvalue weighted by Crippen LogP contribution is -2.34. The molecular formula is C24H19F3N6O3. The van der Waals surface area contributed by atoms with Crippen LogP contribution in [0.15, 0.2) is 59.5 Å². The van der Waals surface area contributed by atoms with Gasteiger partial charge in [0.25, 0.3) is 5.56 Å². The van der Waals surface area contributed by atoms with Gasteiger partial charge in [0.05, 0.1) is 18.5 Å². The first-order valence-electron chi connectivity index (χ1n) is 10.6. The largest absolute Gasteiger partial charge is 0.573 e. The molecule has 4 rings (SSSR count). The quantitative estimate of drug-likeness (QED) is 0.375. The van der Waals surface area contributed by atoms with Crippen LogP contribution in [0.2, 0.25) is 0 Å². The second-order valence-electron chi connectivity index (χ2n) is 8.65. The van der Waals surface area contributed by atoms with Gasteiger partial charge in [-0.3, -0.25) is 4.79 Å². The molecule has 12 heteroatoms. The number of rotatable bonds is 7. The SMILES string of the molecule is CC(C)(COc1nccc(C#N)n1)Cn1nnc2ccc(-c3ccc(OC(F)(F)F)cc3)cc2c1=O. The van der Waals surface area contributed by atoms with E-state index < -0.39 is 11.8 Å². The Morgan fingerprint density at radius 3 is 2.47 bits per heavy atom. The van der Waals surface area contributed by atoms with Gasteiger partial charge in [0.1, 0.15) is 23.0 Å². The van der Waals surface area contributed by atoms with Crippen LogP contribution in [0.3, 0.4) is 0 Å². The normalized spacial score (nSPS) is 11.8. The third kappa shape index (κ3) is 5.93. The molecule has 2 aromatic heterocycles. The molecular weight excluding hydrogens is 477 g/mol. The first-order valence-corrected chi connectivity index (χ1v) is 10.6. The average molecular weight is 496 g/mol. The first-order chi connectivity index (χ1) is 17.0. The molecule has 4 aromatic rings. The zero-order valence-electron chi connectivity index (χ0n) is 19.2. The highest BCUT2D eigenvalue weighted by atomic mass is 19.4. The lowest BCUT2D eigenvalue weighted by atomic mass is 9.95. The summed E-state index contributed by atoms with van der Waals surface area (Å²) in [6, 6.07) is 13.7. The Kier molecular flexibility index (Phi) is 6.57. The average Bonchev–Trinajstić information content (AvgIpc) is 2.84. The molecule has 0 spiro atoms. The number of aromatic nitrogens is 5. The molecule has 0 atom stereocenters. The van der Waals surface area contributed by atoms with E-state index in [0.29, 0.717) is 22.0 Å². The molecule has 0 unspecified atom stereocenters. The number of alkyl halides is 3. The van der Waals surface area contributed by atoms with E-state index >= 15 is 0 Å². The van der Waals surface area contributed by atoms with Crippen LogP contribution in [-0.4, -0.2) is 37.9 Å². The van der Waals surface area contributed by atoms with Gasteiger partial charge in [0.2, 0.25) is 0 Å². The Bertz CT molecular complexity index is 1490. The van der Waals surface area contributed by atoms with E-state index in [-0.39, 0.29) is 36.2 Å². The van der Waals surface area contributed by atoms with Gasteiger partial charge < -0.3 is 9.47 Å². The Morgan fingerprint density at radius 1 is 1.06 bits per heavy atom. The lowest BCUT2D eigenvalue weighted by molar-refractivity contribution is -0.274. The van der Waals surface area contributed by atoms with Crippen LogP contribution in [0.1, 0.15) is 19.5 Å². The monoisotopic (exact) mass is 496 g/mol. The molecule has 0 N–H and O–H groups in total. The molecule has 0 saturated heterocycles. The molecule has 9 nitrogen and oxygen atoms in total. The van der Waals surface area contributed by atoms with E-state index in [0.717, 1.165) is 0 Å². The van der Waals surface area contributed by atoms with Crippen LogP contribution in [0.4, 0.5) is 13.2 Å². The molecule has 0 aliphatic heterocycles. The molecule has 0 aliphatic carbocycles. The van der Waals surface area contributed by atoms with Crippen LogP contribution < -0.4 is 15.0 Å². The van der Waals surface area contributed by atoms with Crippen molar-refractivity contribution in [2.75, 3.05) is 6.61 Å². The molecule has 0 fully saturated rings. The highest BCUT2D eigenvalue weighted by Gasteiger charge is 2.31. The molecule has 0 radical (unpaired) electrons. The number of nitrogens with zero attached hydrogens (tertiary/aromatic N) is 6. The van der Waals surface area contributed by atoms with Crippen molar-refractivity contribution in [3.8, 4) is 29.0 Å². The molecule has 0 amide bonds. The molecule has 184 valence electrons. The lowest BCUT2D eigenvalue weighted by Gasteiger charge is -2.24. The van der Waals surface area contributed by atoms with Crippen LogP contribution in [0.25, 0.3) is 22.0 Å². The van der Waals surface area contributed by atoms with Gasteiger partial charge in [0, 0.05) is 11.6 Å². The molecule has 0 saturated carbocycles. The molecule has 0 aliphatic rings. The van der Waals surface area contributed by atoms with Gasteiger partial charge in [-0.25, -0.2) is 9.67 Å². The summed E-state index contributed by atoms with van der Waals surface area (Å²) in [6.45, 7) is 4.03. The van der Waals surface area contributed by atoms with Gasteiger partial charge >= 0.3 is 12.4 Å². The summed E-state index contributed by atoms with van der Waals surface area (Å²) in [4.78, 5) is 21.1. The van der Waals surface area contributed by atoms with E-state index in [1.807, 2.05) is 19.9 Å². The summed E-state index contributed by atoms with van der Waals surface area (Å²) < 4.78 is 48.0. The highest BCUT2D eigenvalue weighted by Crippen LogP contribution is 2.27. The Morgan fingerprint density at radius 2 is 1.78 bits per heavy atom. The summed E-state index contributed by atoms with van der Waals surface area (Å²) in [7, 11) is 0. The number of nitriles is 1. The van der Waals surface area contributed by atoms with Gasteiger partial charge in [-0.05, 0) is 41.5 Å². The van der Waals surface area contributed by atoms with Gasteiger partial charge in [-0.1, -0.05) is 37.3 Å². The Labute approximate surface area is 202 Å². The minimum absolute atomic E-state index is 0.0513. The van der Waals surface area contributed by atoms with Gasteiger partial charge in [0.15, 0.2) is 0 Å². The van der Waals surface area contributed by atoms with Crippen LogP contribution in [-0.2, 0) is 6.54 Å². The molecule has 2 aromatic carbocycles. The summed E-state index contributed by atoms with van der Waals surface area (Å²) >= 11 is 0. The Balaban J connectivity index is 1.55. The van der Waals surface area contributed by atoms with Crippen LogP contribution >= 0.6 is 0 Å². The standard InChI is InChI=1S/C24H19F3N6O3/c1-23(2,14-35-22-29-10-9-17(12-28)30-22)13-33-21(34)19-11-16(5-8-20(19)31-32-33)15-3-6-18(7-4-15)36-24(25,26)27/h3-11H,13-14H2,1-2H3. The summed E-state index contributed by atoms with van der Waals surface area (Å²) in [5.41, 5.74) is 0.817. The second-order valence-corrected chi connectivity index (χ2v) is 8.65. The van der Waals surface area contributed by atoms with Crippen molar-refractivity contribution < 1.29 is 22.6 Å². The second kappa shape index (κ2) is 9.61. The van der Waals surface area contributed by atoms with E-state index in [2.05, 4.69) is 25.0 Å². The number of ether oxygens (including phenoxy) is 2. The number of benzene rings is 2. The molecule has 36 heavy (non-hydrogen) atoms. The summed E-state index contributed by atoms with van der Waals surface area (Å²) in [5.74, 6) is -0.338. The molecule has 2 heterocycles. The van der Waals surface area contributed by atoms with Crippen LogP contribution in [0, 0.1) is 16.7 Å². The van der Waals surface area contributed by atoms with Crippen molar-refractivity contribution in [2.24, 2.45) is 5.41 Å². The Hall–Kier alpha value is -4.53. The zero-order chi connectivity index (χ0) is 25.9. The maximum atomic E-state index is 13.2. The summed E-state index contributed by atoms with van der Waals surface area (Å²) in [6.07, 6.45) is -3.36. The zero-order valence-corrected chi connectivity index (χ0v) is 19.2. The van der Waals surface area contributed by atoms with E-state index in [1.165, 1.54) is 41.2 Å². The molecule has 0 bridgehead atoms. The summed E-state index contributed by atoms with van der Waals surface area (Å²) in [5, 5.41) is 17.4. The van der Waals surface area contributed by atoms with E-state index in [1.54, 1.807) is 18.2 Å². The first kappa shape index (κ1) is 24.6. The number of hydrogen-bond acceptors (Lipinski definition) is 8. The highest BCUT2D eigenvalue weighted by molar-refractivity contribution is 5.83. The third-order valence-electron chi connectivity index (χ3n) is 5.06. The van der Waals surface area contributed by atoms with Crippen molar-refractivity contribution in [2.45, 2.75) is 26.8 Å². The fourth-order valence-electron chi connectivity index (χ4n) is 3.39. The minimum Gasteiger partial charge on any atom is -0.463 e. The van der Waals surface area contributed by atoms with Crippen LogP contribution in [0.5, 0.6) is 11.8 Å². The van der Waals surface area contributed by atoms with E-state index in [4.69, 9.17) is 10.00 Å². The maximum Gasteiger partial charge on any atom is 0.573 e. The fraction of sp³-hybridized carbons (Fsp3) is 0.250. The topological polar surface area (TPSA) is 116 Å².